The maximum absolute atomic E-state index is 12.4. The van der Waals surface area contributed by atoms with Gasteiger partial charge in [0.1, 0.15) is 5.75 Å². The van der Waals surface area contributed by atoms with Crippen LogP contribution in [-0.2, 0) is 19.1 Å². The van der Waals surface area contributed by atoms with Crippen molar-refractivity contribution in [3.05, 3.63) is 50.9 Å². The van der Waals surface area contributed by atoms with E-state index in [1.165, 1.54) is 12.0 Å². The highest BCUT2D eigenvalue weighted by Gasteiger charge is 2.37. The number of nitrogens with zero attached hydrogens (tertiary/aromatic N) is 1. The van der Waals surface area contributed by atoms with Crippen LogP contribution in [0.4, 0.5) is 11.4 Å². The molecule has 1 atom stereocenters. The lowest BCUT2D eigenvalue weighted by Gasteiger charge is -2.19. The van der Waals surface area contributed by atoms with Gasteiger partial charge in [-0.2, -0.15) is 0 Å². The quantitative estimate of drug-likeness (QED) is 0.580. The fraction of sp³-hybridized carbons (Fsp3) is 0.250. The van der Waals surface area contributed by atoms with Gasteiger partial charge in [-0.3, -0.25) is 14.4 Å². The Morgan fingerprint density at radius 3 is 2.70 bits per heavy atom. The first-order valence-electron chi connectivity index (χ1n) is 8.84. The van der Waals surface area contributed by atoms with Gasteiger partial charge in [-0.05, 0) is 36.4 Å². The first-order valence-corrected chi connectivity index (χ1v) is 10.4. The minimum Gasteiger partial charge on any atom is -0.495 e. The maximum Gasteiger partial charge on any atom is 0.311 e. The molecular weight excluding hydrogens is 499 g/mol. The van der Waals surface area contributed by atoms with Gasteiger partial charge in [-0.1, -0.05) is 39.1 Å². The molecule has 1 aliphatic heterocycles. The molecule has 0 saturated carbocycles. The van der Waals surface area contributed by atoms with Crippen LogP contribution in [0, 0.1) is 5.92 Å². The number of ether oxygens (including phenoxy) is 2. The third-order valence-electron chi connectivity index (χ3n) is 4.44. The van der Waals surface area contributed by atoms with Crippen LogP contribution in [0.1, 0.15) is 6.42 Å². The van der Waals surface area contributed by atoms with Gasteiger partial charge in [-0.25, -0.2) is 0 Å². The lowest BCUT2D eigenvalue weighted by Crippen LogP contribution is -2.28. The summed E-state index contributed by atoms with van der Waals surface area (Å²) in [6.07, 6.45) is -0.0331. The smallest absolute Gasteiger partial charge is 0.311 e. The summed E-state index contributed by atoms with van der Waals surface area (Å²) >= 11 is 15.4. The van der Waals surface area contributed by atoms with Crippen LogP contribution in [-0.4, -0.2) is 38.0 Å². The average Bonchev–Trinajstić information content (AvgIpc) is 3.10. The lowest BCUT2D eigenvalue weighted by atomic mass is 10.1. The van der Waals surface area contributed by atoms with Crippen LogP contribution in [0.5, 0.6) is 5.75 Å². The minimum absolute atomic E-state index is 0.0331. The molecule has 2 aromatic carbocycles. The molecule has 0 radical (unpaired) electrons. The molecule has 0 bridgehead atoms. The Morgan fingerprint density at radius 1 is 1.23 bits per heavy atom. The maximum atomic E-state index is 12.4. The predicted molar refractivity (Wildman–Crippen MR) is 117 cm³/mol. The summed E-state index contributed by atoms with van der Waals surface area (Å²) in [6, 6.07) is 9.86. The van der Waals surface area contributed by atoms with E-state index >= 15 is 0 Å². The van der Waals surface area contributed by atoms with Crippen LogP contribution in [0.15, 0.2) is 40.9 Å². The van der Waals surface area contributed by atoms with E-state index in [4.69, 9.17) is 32.7 Å². The van der Waals surface area contributed by atoms with Crippen LogP contribution < -0.4 is 15.0 Å². The molecule has 3 rings (SSSR count). The van der Waals surface area contributed by atoms with Crippen LogP contribution >= 0.6 is 39.1 Å². The van der Waals surface area contributed by atoms with Gasteiger partial charge < -0.3 is 19.7 Å². The molecule has 158 valence electrons. The molecule has 2 aromatic rings. The highest BCUT2D eigenvalue weighted by molar-refractivity contribution is 9.10. The summed E-state index contributed by atoms with van der Waals surface area (Å²) in [5, 5.41) is 3.35. The molecule has 1 aliphatic rings. The number of methoxy groups -OCH3 is 1. The molecule has 0 spiro atoms. The van der Waals surface area contributed by atoms with Crippen molar-refractivity contribution in [2.24, 2.45) is 5.92 Å². The standard InChI is InChI=1S/C20H17BrCl2N2O5/c1-29-17-5-3-13(22)8-16(17)25-9-11(6-19(25)27)20(28)30-10-18(26)24-15-4-2-12(21)7-14(15)23/h2-5,7-8,11H,6,9-10H2,1H3,(H,24,26)/t11-/m0/s1. The lowest BCUT2D eigenvalue weighted by molar-refractivity contribution is -0.151. The summed E-state index contributed by atoms with van der Waals surface area (Å²) < 4.78 is 11.1. The van der Waals surface area contributed by atoms with Gasteiger partial charge in [-0.15, -0.1) is 0 Å². The molecule has 7 nitrogen and oxygen atoms in total. The van der Waals surface area contributed by atoms with Crippen LogP contribution in [0.2, 0.25) is 10.0 Å². The van der Waals surface area contributed by atoms with Crippen molar-refractivity contribution >= 4 is 68.3 Å². The Balaban J connectivity index is 1.58. The summed E-state index contributed by atoms with van der Waals surface area (Å²) in [5.41, 5.74) is 0.879. The van der Waals surface area contributed by atoms with Gasteiger partial charge >= 0.3 is 5.97 Å². The SMILES string of the molecule is COc1ccc(Cl)cc1N1C[C@@H](C(=O)OCC(=O)Nc2ccc(Br)cc2Cl)CC1=O. The number of carbonyl (C=O) groups is 3. The van der Waals surface area contributed by atoms with Crippen molar-refractivity contribution in [2.75, 3.05) is 30.5 Å². The van der Waals surface area contributed by atoms with Gasteiger partial charge in [0, 0.05) is 22.5 Å². The molecule has 1 saturated heterocycles. The number of benzene rings is 2. The van der Waals surface area contributed by atoms with Gasteiger partial charge in [0.2, 0.25) is 5.91 Å². The summed E-state index contributed by atoms with van der Waals surface area (Å²) in [4.78, 5) is 38.3. The summed E-state index contributed by atoms with van der Waals surface area (Å²) in [5.74, 6) is -1.67. The largest absolute Gasteiger partial charge is 0.495 e. The molecule has 0 unspecified atom stereocenters. The number of anilines is 2. The number of rotatable bonds is 6. The van der Waals surface area contributed by atoms with Crippen molar-refractivity contribution < 1.29 is 23.9 Å². The fourth-order valence-electron chi connectivity index (χ4n) is 3.00. The fourth-order valence-corrected chi connectivity index (χ4v) is 3.89. The van der Waals surface area contributed by atoms with Gasteiger partial charge in [0.25, 0.3) is 5.91 Å². The topological polar surface area (TPSA) is 84.9 Å². The van der Waals surface area contributed by atoms with Gasteiger partial charge in [0.15, 0.2) is 6.61 Å². The van der Waals surface area contributed by atoms with E-state index in [0.717, 1.165) is 4.47 Å². The number of amides is 2. The number of hydrogen-bond acceptors (Lipinski definition) is 5. The summed E-state index contributed by atoms with van der Waals surface area (Å²) in [6.45, 7) is -0.384. The van der Waals surface area contributed by atoms with Crippen LogP contribution in [0.3, 0.4) is 0 Å². The van der Waals surface area contributed by atoms with Crippen molar-refractivity contribution in [2.45, 2.75) is 6.42 Å². The molecule has 2 amide bonds. The predicted octanol–water partition coefficient (Wildman–Crippen LogP) is 4.30. The van der Waals surface area contributed by atoms with E-state index in [9.17, 15) is 14.4 Å². The number of esters is 1. The zero-order valence-corrected chi connectivity index (χ0v) is 18.9. The number of carbonyl (C=O) groups excluding carboxylic acids is 3. The monoisotopic (exact) mass is 514 g/mol. The third kappa shape index (κ3) is 5.24. The first-order chi connectivity index (χ1) is 14.3. The Bertz CT molecular complexity index is 1000. The third-order valence-corrected chi connectivity index (χ3v) is 5.48. The van der Waals surface area contributed by atoms with Crippen LogP contribution in [0.25, 0.3) is 0 Å². The van der Waals surface area contributed by atoms with E-state index in [0.29, 0.717) is 27.2 Å². The molecule has 30 heavy (non-hydrogen) atoms. The second-order valence-corrected chi connectivity index (χ2v) is 8.26. The highest BCUT2D eigenvalue weighted by atomic mass is 79.9. The number of halogens is 3. The number of hydrogen-bond donors (Lipinski definition) is 1. The Labute approximate surface area is 191 Å². The molecular formula is C20H17BrCl2N2O5. The van der Waals surface area contributed by atoms with Crippen molar-refractivity contribution in [3.63, 3.8) is 0 Å². The average molecular weight is 516 g/mol. The van der Waals surface area contributed by atoms with E-state index in [-0.39, 0.29) is 18.9 Å². The Hall–Kier alpha value is -2.29. The zero-order chi connectivity index (χ0) is 21.8. The Morgan fingerprint density at radius 2 is 2.00 bits per heavy atom. The molecule has 0 aromatic heterocycles. The number of nitrogens with one attached hydrogen (secondary N) is 1. The molecule has 1 heterocycles. The van der Waals surface area contributed by atoms with Crippen molar-refractivity contribution in [3.8, 4) is 5.75 Å². The minimum atomic E-state index is -0.703. The Kier molecular flexibility index (Phi) is 7.23. The van der Waals surface area contributed by atoms with E-state index in [1.54, 1.807) is 36.4 Å². The molecule has 1 N–H and O–H groups in total. The molecule has 10 heteroatoms. The normalized spacial score (nSPS) is 15.8. The molecule has 1 fully saturated rings. The van der Waals surface area contributed by atoms with Crippen molar-refractivity contribution in [1.29, 1.82) is 0 Å². The molecule has 0 aliphatic carbocycles. The second kappa shape index (κ2) is 9.68. The zero-order valence-electron chi connectivity index (χ0n) is 15.8. The first kappa shape index (κ1) is 22.4. The second-order valence-electron chi connectivity index (χ2n) is 6.50. The van der Waals surface area contributed by atoms with Crippen molar-refractivity contribution in [1.82, 2.24) is 0 Å². The van der Waals surface area contributed by atoms with Gasteiger partial charge in [0.05, 0.1) is 29.4 Å². The summed E-state index contributed by atoms with van der Waals surface area (Å²) in [7, 11) is 1.48. The van der Waals surface area contributed by atoms with E-state index in [2.05, 4.69) is 21.2 Å². The highest BCUT2D eigenvalue weighted by Crippen LogP contribution is 2.35. The van der Waals surface area contributed by atoms with E-state index in [1.807, 2.05) is 0 Å². The van der Waals surface area contributed by atoms with E-state index < -0.39 is 24.4 Å².